The van der Waals surface area contributed by atoms with Gasteiger partial charge in [0.2, 0.25) is 5.71 Å². The van der Waals surface area contributed by atoms with Gasteiger partial charge in [-0.25, -0.2) is 4.68 Å². The molecule has 0 aliphatic heterocycles. The van der Waals surface area contributed by atoms with Crippen molar-refractivity contribution in [2.45, 2.75) is 0 Å². The van der Waals surface area contributed by atoms with Crippen LogP contribution in [0.1, 0.15) is 0 Å². The quantitative estimate of drug-likeness (QED) is 0.587. The molecule has 104 valence electrons. The summed E-state index contributed by atoms with van der Waals surface area (Å²) < 4.78 is 1.73. The van der Waals surface area contributed by atoms with E-state index < -0.39 is 0 Å². The monoisotopic (exact) mass is 287 g/mol. The molecule has 0 bridgehead atoms. The first-order valence-electron chi connectivity index (χ1n) is 6.36. The van der Waals surface area contributed by atoms with Crippen LogP contribution in [-0.4, -0.2) is 20.7 Å². The van der Waals surface area contributed by atoms with Crippen LogP contribution < -0.4 is 5.43 Å². The average Bonchev–Trinajstić information content (AvgIpc) is 3.00. The average molecular weight is 287 g/mol. The second-order valence-electron chi connectivity index (χ2n) is 4.33. The number of aromatic nitrogens is 3. The lowest BCUT2D eigenvalue weighted by atomic mass is 10.2. The first-order chi connectivity index (χ1) is 10.8. The molecule has 0 amide bonds. The molecule has 1 N–H and O–H groups in total. The van der Waals surface area contributed by atoms with Crippen molar-refractivity contribution in [1.82, 2.24) is 15.0 Å². The molecule has 0 unspecified atom stereocenters. The number of nitrogens with one attached hydrogen (secondary N) is 1. The summed E-state index contributed by atoms with van der Waals surface area (Å²) in [6.45, 7) is 0. The minimum atomic E-state index is -0.230. The summed E-state index contributed by atoms with van der Waals surface area (Å²) in [4.78, 5) is 0. The van der Waals surface area contributed by atoms with E-state index in [2.05, 4.69) is 20.8 Å². The van der Waals surface area contributed by atoms with E-state index in [1.54, 1.807) is 29.0 Å². The second kappa shape index (κ2) is 5.73. The van der Waals surface area contributed by atoms with Gasteiger partial charge in [-0.15, -0.1) is 5.10 Å². The van der Waals surface area contributed by atoms with E-state index in [1.807, 2.05) is 36.4 Å². The molecule has 7 nitrogen and oxygen atoms in total. The van der Waals surface area contributed by atoms with E-state index >= 15 is 0 Å². The van der Waals surface area contributed by atoms with Crippen molar-refractivity contribution in [2.24, 2.45) is 5.10 Å². The van der Waals surface area contributed by atoms with Crippen molar-refractivity contribution in [3.8, 4) is 17.8 Å². The molecule has 3 aromatic rings. The van der Waals surface area contributed by atoms with Crippen LogP contribution in [0, 0.1) is 22.7 Å². The normalized spacial score (nSPS) is 9.73. The smallest absolute Gasteiger partial charge is 0.237 e. The summed E-state index contributed by atoms with van der Waals surface area (Å²) in [6, 6.07) is 18.3. The Labute approximate surface area is 125 Å². The summed E-state index contributed by atoms with van der Waals surface area (Å²) in [5.74, 6) is 0. The van der Waals surface area contributed by atoms with Crippen LogP contribution in [-0.2, 0) is 0 Å². The number of anilines is 1. The molecule has 0 spiro atoms. The van der Waals surface area contributed by atoms with Crippen molar-refractivity contribution < 1.29 is 0 Å². The third-order valence-corrected chi connectivity index (χ3v) is 2.97. The van der Waals surface area contributed by atoms with Crippen LogP contribution in [0.2, 0.25) is 0 Å². The minimum absolute atomic E-state index is 0.230. The van der Waals surface area contributed by atoms with Gasteiger partial charge in [0.1, 0.15) is 17.7 Å². The van der Waals surface area contributed by atoms with Gasteiger partial charge in [-0.2, -0.15) is 15.6 Å². The van der Waals surface area contributed by atoms with Crippen LogP contribution in [0.3, 0.4) is 0 Å². The Morgan fingerprint density at radius 3 is 2.50 bits per heavy atom. The maximum Gasteiger partial charge on any atom is 0.237 e. The molecule has 1 heterocycles. The maximum absolute atomic E-state index is 8.61. The van der Waals surface area contributed by atoms with Crippen LogP contribution in [0.15, 0.2) is 53.6 Å². The second-order valence-corrected chi connectivity index (χ2v) is 4.33. The number of nitriles is 2. The SMILES string of the molecule is N#CC(C#N)=NNc1ccc(-n2nnc3ccccc32)cc1. The van der Waals surface area contributed by atoms with E-state index in [4.69, 9.17) is 10.5 Å². The number of hydrogen-bond donors (Lipinski definition) is 1. The lowest BCUT2D eigenvalue weighted by molar-refractivity contribution is 0.824. The molecule has 0 saturated carbocycles. The summed E-state index contributed by atoms with van der Waals surface area (Å²) in [5, 5.41) is 29.1. The lowest BCUT2D eigenvalue weighted by Gasteiger charge is -2.04. The van der Waals surface area contributed by atoms with Crippen LogP contribution in [0.25, 0.3) is 16.7 Å². The third-order valence-electron chi connectivity index (χ3n) is 2.97. The molecule has 0 atom stereocenters. The van der Waals surface area contributed by atoms with Gasteiger partial charge in [0, 0.05) is 0 Å². The van der Waals surface area contributed by atoms with Gasteiger partial charge >= 0.3 is 0 Å². The number of hydrazone groups is 1. The highest BCUT2D eigenvalue weighted by Gasteiger charge is 2.05. The van der Waals surface area contributed by atoms with Gasteiger partial charge in [-0.05, 0) is 36.4 Å². The molecule has 0 aliphatic carbocycles. The van der Waals surface area contributed by atoms with E-state index in [1.165, 1.54) is 0 Å². The molecule has 3 rings (SSSR count). The van der Waals surface area contributed by atoms with Crippen molar-refractivity contribution in [3.63, 3.8) is 0 Å². The molecule has 22 heavy (non-hydrogen) atoms. The molecule has 0 radical (unpaired) electrons. The predicted octanol–water partition coefficient (Wildman–Crippen LogP) is 2.24. The number of benzene rings is 2. The Bertz CT molecular complexity index is 907. The molecular weight excluding hydrogens is 278 g/mol. The number of fused-ring (bicyclic) bond motifs is 1. The summed E-state index contributed by atoms with van der Waals surface area (Å²) in [5.41, 5.74) is 5.67. The zero-order valence-electron chi connectivity index (χ0n) is 11.3. The number of rotatable bonds is 3. The highest BCUT2D eigenvalue weighted by Crippen LogP contribution is 2.17. The lowest BCUT2D eigenvalue weighted by Crippen LogP contribution is -1.98. The van der Waals surface area contributed by atoms with E-state index in [-0.39, 0.29) is 5.71 Å². The Kier molecular flexibility index (Phi) is 3.46. The van der Waals surface area contributed by atoms with Gasteiger partial charge in [-0.1, -0.05) is 17.3 Å². The summed E-state index contributed by atoms with van der Waals surface area (Å²) in [6.07, 6.45) is 0. The van der Waals surface area contributed by atoms with Gasteiger partial charge in [-0.3, -0.25) is 5.43 Å². The minimum Gasteiger partial charge on any atom is -0.277 e. The molecule has 2 aromatic carbocycles. The van der Waals surface area contributed by atoms with Crippen molar-refractivity contribution in [1.29, 1.82) is 10.5 Å². The van der Waals surface area contributed by atoms with Gasteiger partial charge in [0.05, 0.1) is 16.9 Å². The van der Waals surface area contributed by atoms with Crippen LogP contribution in [0.5, 0.6) is 0 Å². The van der Waals surface area contributed by atoms with E-state index in [0.717, 1.165) is 16.7 Å². The molecular formula is C15H9N7. The highest BCUT2D eigenvalue weighted by molar-refractivity contribution is 6.10. The zero-order valence-corrected chi connectivity index (χ0v) is 11.3. The first-order valence-corrected chi connectivity index (χ1v) is 6.36. The maximum atomic E-state index is 8.61. The van der Waals surface area contributed by atoms with Crippen LogP contribution in [0.4, 0.5) is 5.69 Å². The van der Waals surface area contributed by atoms with Crippen molar-refractivity contribution in [2.75, 3.05) is 5.43 Å². The van der Waals surface area contributed by atoms with E-state index in [0.29, 0.717) is 5.69 Å². The third kappa shape index (κ3) is 2.47. The molecule has 7 heteroatoms. The van der Waals surface area contributed by atoms with Gasteiger partial charge in [0.25, 0.3) is 0 Å². The van der Waals surface area contributed by atoms with E-state index in [9.17, 15) is 0 Å². The molecule has 0 aliphatic rings. The van der Waals surface area contributed by atoms with Crippen LogP contribution >= 0.6 is 0 Å². The summed E-state index contributed by atoms with van der Waals surface area (Å²) >= 11 is 0. The topological polar surface area (TPSA) is 103 Å². The standard InChI is InChI=1S/C15H9N7/c16-9-12(10-17)19-18-11-5-7-13(8-6-11)22-15-4-2-1-3-14(15)20-21-22/h1-8,18H. The Hall–Kier alpha value is -3.71. The highest BCUT2D eigenvalue weighted by atomic mass is 15.4. The Balaban J connectivity index is 1.88. The number of nitrogens with zero attached hydrogens (tertiary/aromatic N) is 6. The fraction of sp³-hybridized carbons (Fsp3) is 0. The fourth-order valence-electron chi connectivity index (χ4n) is 1.93. The molecule has 1 aromatic heterocycles. The predicted molar refractivity (Wildman–Crippen MR) is 81.1 cm³/mol. The number of para-hydroxylation sites is 1. The largest absolute Gasteiger partial charge is 0.277 e. The first kappa shape index (κ1) is 13.3. The van der Waals surface area contributed by atoms with Crippen molar-refractivity contribution in [3.05, 3.63) is 48.5 Å². The zero-order chi connectivity index (χ0) is 15.4. The Morgan fingerprint density at radius 2 is 1.77 bits per heavy atom. The van der Waals surface area contributed by atoms with Gasteiger partial charge < -0.3 is 0 Å². The van der Waals surface area contributed by atoms with Crippen molar-refractivity contribution >= 4 is 22.4 Å². The molecule has 0 saturated heterocycles. The van der Waals surface area contributed by atoms with Gasteiger partial charge in [0.15, 0.2) is 0 Å². The fourth-order valence-corrected chi connectivity index (χ4v) is 1.93. The Morgan fingerprint density at radius 1 is 1.05 bits per heavy atom. The number of hydrogen-bond acceptors (Lipinski definition) is 6. The molecule has 0 fully saturated rings. The summed E-state index contributed by atoms with van der Waals surface area (Å²) in [7, 11) is 0.